The van der Waals surface area contributed by atoms with Crippen LogP contribution in [0.4, 0.5) is 11.6 Å². The Bertz CT molecular complexity index is 872. The molecule has 0 atom stereocenters. The Morgan fingerprint density at radius 3 is 2.54 bits per heavy atom. The average molecular weight is 317 g/mol. The van der Waals surface area contributed by atoms with Gasteiger partial charge in [0, 0.05) is 16.9 Å². The smallest absolute Gasteiger partial charge is 0.244 e. The second kappa shape index (κ2) is 6.91. The number of benzene rings is 2. The third-order valence-electron chi connectivity index (χ3n) is 3.55. The first-order chi connectivity index (χ1) is 11.6. The number of anilines is 2. The van der Waals surface area contributed by atoms with Crippen molar-refractivity contribution in [1.29, 1.82) is 0 Å². The summed E-state index contributed by atoms with van der Waals surface area (Å²) in [5.41, 5.74) is 14.0. The maximum atomic E-state index is 5.81. The molecule has 0 unspecified atom stereocenters. The number of hydrazone groups is 1. The van der Waals surface area contributed by atoms with Gasteiger partial charge in [-0.05, 0) is 37.6 Å². The Hall–Kier alpha value is -3.21. The molecule has 2 aromatic carbocycles. The number of aromatic nitrogens is 2. The molecule has 5 nitrogen and oxygen atoms in total. The fourth-order valence-electron chi connectivity index (χ4n) is 2.34. The Balaban J connectivity index is 1.85. The molecule has 1 aromatic heterocycles. The molecule has 0 bridgehead atoms. The van der Waals surface area contributed by atoms with Gasteiger partial charge in [-0.15, -0.1) is 0 Å². The largest absolute Gasteiger partial charge is 0.399 e. The van der Waals surface area contributed by atoms with Crippen molar-refractivity contribution in [2.45, 2.75) is 13.8 Å². The Morgan fingerprint density at radius 2 is 1.79 bits per heavy atom. The van der Waals surface area contributed by atoms with E-state index in [-0.39, 0.29) is 0 Å². The van der Waals surface area contributed by atoms with E-state index in [9.17, 15) is 0 Å². The lowest BCUT2D eigenvalue weighted by atomic mass is 10.1. The third-order valence-corrected chi connectivity index (χ3v) is 3.55. The van der Waals surface area contributed by atoms with E-state index in [1.54, 1.807) is 0 Å². The van der Waals surface area contributed by atoms with Crippen LogP contribution in [0.15, 0.2) is 65.8 Å². The molecule has 24 heavy (non-hydrogen) atoms. The van der Waals surface area contributed by atoms with Crippen molar-refractivity contribution in [3.8, 4) is 11.3 Å². The van der Waals surface area contributed by atoms with Crippen LogP contribution in [0.1, 0.15) is 18.2 Å². The first-order valence-electron chi connectivity index (χ1n) is 7.69. The molecule has 0 saturated heterocycles. The van der Waals surface area contributed by atoms with E-state index in [4.69, 9.17) is 5.73 Å². The molecule has 0 radical (unpaired) electrons. The van der Waals surface area contributed by atoms with Crippen LogP contribution < -0.4 is 11.2 Å². The van der Waals surface area contributed by atoms with Gasteiger partial charge in [0.05, 0.1) is 11.4 Å². The Labute approximate surface area is 141 Å². The quantitative estimate of drug-likeness (QED) is 0.435. The first-order valence-corrected chi connectivity index (χ1v) is 7.69. The van der Waals surface area contributed by atoms with E-state index in [0.717, 1.165) is 28.2 Å². The molecule has 0 aliphatic carbocycles. The Morgan fingerprint density at radius 1 is 1.00 bits per heavy atom. The first kappa shape index (κ1) is 15.7. The molecule has 0 aliphatic rings. The Kier molecular flexibility index (Phi) is 4.52. The molecule has 3 rings (SSSR count). The summed E-state index contributed by atoms with van der Waals surface area (Å²) in [5.74, 6) is 0.470. The highest BCUT2D eigenvalue weighted by molar-refractivity contribution is 5.99. The van der Waals surface area contributed by atoms with Crippen LogP contribution in [0.2, 0.25) is 0 Å². The number of rotatable bonds is 4. The highest BCUT2D eigenvalue weighted by atomic mass is 15.4. The molecule has 0 aliphatic heterocycles. The molecule has 0 spiro atoms. The number of aryl methyl sites for hydroxylation is 1. The van der Waals surface area contributed by atoms with Gasteiger partial charge in [0.2, 0.25) is 5.95 Å². The summed E-state index contributed by atoms with van der Waals surface area (Å²) >= 11 is 0. The SMILES string of the molecule is C/C(=N/Nc1nc(C)cc(-c2ccccc2)n1)c1cccc(N)c1. The molecular weight excluding hydrogens is 298 g/mol. The van der Waals surface area contributed by atoms with Gasteiger partial charge in [0.1, 0.15) is 0 Å². The monoisotopic (exact) mass is 317 g/mol. The van der Waals surface area contributed by atoms with Gasteiger partial charge in [-0.2, -0.15) is 5.10 Å². The molecule has 3 N–H and O–H groups in total. The van der Waals surface area contributed by atoms with Gasteiger partial charge < -0.3 is 5.73 Å². The van der Waals surface area contributed by atoms with Gasteiger partial charge in [-0.25, -0.2) is 15.4 Å². The fraction of sp³-hybridized carbons (Fsp3) is 0.105. The number of nitrogens with two attached hydrogens (primary N) is 1. The lowest BCUT2D eigenvalue weighted by molar-refractivity contribution is 1.07. The van der Waals surface area contributed by atoms with E-state index in [2.05, 4.69) is 20.5 Å². The van der Waals surface area contributed by atoms with Gasteiger partial charge in [0.15, 0.2) is 0 Å². The fourth-order valence-corrected chi connectivity index (χ4v) is 2.34. The summed E-state index contributed by atoms with van der Waals surface area (Å²) in [5, 5.41) is 4.37. The lowest BCUT2D eigenvalue weighted by Crippen LogP contribution is -2.04. The van der Waals surface area contributed by atoms with Crippen molar-refractivity contribution in [2.75, 3.05) is 11.2 Å². The molecule has 0 fully saturated rings. The van der Waals surface area contributed by atoms with E-state index in [1.165, 1.54) is 0 Å². The second-order valence-electron chi connectivity index (χ2n) is 5.52. The summed E-state index contributed by atoms with van der Waals surface area (Å²) < 4.78 is 0. The summed E-state index contributed by atoms with van der Waals surface area (Å²) in [4.78, 5) is 8.92. The van der Waals surface area contributed by atoms with Gasteiger partial charge >= 0.3 is 0 Å². The maximum Gasteiger partial charge on any atom is 0.244 e. The topological polar surface area (TPSA) is 76.2 Å². The third kappa shape index (κ3) is 3.76. The number of hydrogen-bond acceptors (Lipinski definition) is 5. The molecule has 5 heteroatoms. The molecule has 0 saturated carbocycles. The summed E-state index contributed by atoms with van der Waals surface area (Å²) in [7, 11) is 0. The van der Waals surface area contributed by atoms with E-state index in [1.807, 2.05) is 74.5 Å². The summed E-state index contributed by atoms with van der Waals surface area (Å²) in [6, 6.07) is 19.5. The predicted molar refractivity (Wildman–Crippen MR) is 98.9 cm³/mol. The molecule has 1 heterocycles. The van der Waals surface area contributed by atoms with Crippen molar-refractivity contribution < 1.29 is 0 Å². The highest BCUT2D eigenvalue weighted by Gasteiger charge is 2.04. The van der Waals surface area contributed by atoms with Crippen molar-refractivity contribution in [2.24, 2.45) is 5.10 Å². The summed E-state index contributed by atoms with van der Waals surface area (Å²) in [6.07, 6.45) is 0. The van der Waals surface area contributed by atoms with Crippen LogP contribution in [0, 0.1) is 6.92 Å². The summed E-state index contributed by atoms with van der Waals surface area (Å²) in [6.45, 7) is 3.85. The van der Waals surface area contributed by atoms with Crippen molar-refractivity contribution in [3.05, 3.63) is 71.9 Å². The van der Waals surface area contributed by atoms with Crippen molar-refractivity contribution in [3.63, 3.8) is 0 Å². The zero-order valence-electron chi connectivity index (χ0n) is 13.7. The zero-order chi connectivity index (χ0) is 16.9. The standard InChI is InChI=1S/C19H19N5/c1-13-11-18(15-7-4-3-5-8-15)22-19(21-13)24-23-14(2)16-9-6-10-17(20)12-16/h3-12H,20H2,1-2H3,(H,21,22,24)/b23-14-. The van der Waals surface area contributed by atoms with Crippen LogP contribution >= 0.6 is 0 Å². The minimum Gasteiger partial charge on any atom is -0.399 e. The molecule has 120 valence electrons. The molecule has 3 aromatic rings. The number of nitrogen functional groups attached to an aromatic ring is 1. The van der Waals surface area contributed by atoms with Gasteiger partial charge in [-0.1, -0.05) is 42.5 Å². The van der Waals surface area contributed by atoms with Gasteiger partial charge in [-0.3, -0.25) is 0 Å². The highest BCUT2D eigenvalue weighted by Crippen LogP contribution is 2.18. The normalized spacial score (nSPS) is 11.3. The second-order valence-corrected chi connectivity index (χ2v) is 5.52. The van der Waals surface area contributed by atoms with Crippen LogP contribution in [0.3, 0.4) is 0 Å². The van der Waals surface area contributed by atoms with E-state index < -0.39 is 0 Å². The van der Waals surface area contributed by atoms with Crippen LogP contribution in [-0.2, 0) is 0 Å². The van der Waals surface area contributed by atoms with E-state index >= 15 is 0 Å². The predicted octanol–water partition coefficient (Wildman–Crippen LogP) is 3.87. The number of nitrogens with zero attached hydrogens (tertiary/aromatic N) is 3. The zero-order valence-corrected chi connectivity index (χ0v) is 13.7. The van der Waals surface area contributed by atoms with Crippen molar-refractivity contribution >= 4 is 17.3 Å². The van der Waals surface area contributed by atoms with E-state index in [0.29, 0.717) is 11.6 Å². The van der Waals surface area contributed by atoms with Crippen LogP contribution in [-0.4, -0.2) is 15.7 Å². The average Bonchev–Trinajstić information content (AvgIpc) is 2.60. The maximum absolute atomic E-state index is 5.81. The minimum atomic E-state index is 0.470. The van der Waals surface area contributed by atoms with Gasteiger partial charge in [0.25, 0.3) is 0 Å². The van der Waals surface area contributed by atoms with Crippen LogP contribution in [0.5, 0.6) is 0 Å². The number of hydrogen-bond donors (Lipinski definition) is 2. The minimum absolute atomic E-state index is 0.470. The van der Waals surface area contributed by atoms with Crippen LogP contribution in [0.25, 0.3) is 11.3 Å². The molecular formula is C19H19N5. The number of nitrogens with one attached hydrogen (secondary N) is 1. The van der Waals surface area contributed by atoms with Crippen molar-refractivity contribution in [1.82, 2.24) is 9.97 Å². The lowest BCUT2D eigenvalue weighted by Gasteiger charge is -2.07. The molecule has 0 amide bonds.